The molecule has 1 saturated heterocycles. The van der Waals surface area contributed by atoms with Crippen LogP contribution < -0.4 is 5.32 Å². The fraction of sp³-hybridized carbons (Fsp3) is 0.667. The molecule has 1 aliphatic rings. The summed E-state index contributed by atoms with van der Waals surface area (Å²) in [6.45, 7) is 12.5. The number of benzene rings is 1. The first-order valence-corrected chi connectivity index (χ1v) is 8.22. The van der Waals surface area contributed by atoms with Gasteiger partial charge >= 0.3 is 0 Å². The van der Waals surface area contributed by atoms with Crippen molar-refractivity contribution in [3.05, 3.63) is 35.4 Å². The van der Waals surface area contributed by atoms with Crippen molar-refractivity contribution in [2.75, 3.05) is 19.6 Å². The van der Waals surface area contributed by atoms with E-state index in [1.807, 2.05) is 0 Å². The molecule has 0 atom stereocenters. The molecule has 0 aliphatic carbocycles. The molecule has 112 valence electrons. The fourth-order valence-corrected chi connectivity index (χ4v) is 3.36. The summed E-state index contributed by atoms with van der Waals surface area (Å²) < 4.78 is 0. The summed E-state index contributed by atoms with van der Waals surface area (Å²) in [5, 5.41) is 3.40. The van der Waals surface area contributed by atoms with Crippen LogP contribution >= 0.6 is 0 Å². The third kappa shape index (κ3) is 3.83. The van der Waals surface area contributed by atoms with Crippen molar-refractivity contribution in [2.24, 2.45) is 5.41 Å². The van der Waals surface area contributed by atoms with Crippen LogP contribution in [0.3, 0.4) is 0 Å². The normalized spacial score (nSPS) is 18.6. The standard InChI is InChI=1S/C18H30N2/c1-4-18(5-2)10-11-20(15-18)14-17-9-7-8-16(12-17)13-19-6-3/h7-9,12,19H,4-6,10-11,13-15H2,1-3H3. The molecular weight excluding hydrogens is 244 g/mol. The van der Waals surface area contributed by atoms with Gasteiger partial charge in [-0.3, -0.25) is 4.90 Å². The zero-order valence-electron chi connectivity index (χ0n) is 13.4. The topological polar surface area (TPSA) is 15.3 Å². The number of rotatable bonds is 7. The summed E-state index contributed by atoms with van der Waals surface area (Å²) in [7, 11) is 0. The second kappa shape index (κ2) is 7.24. The minimum Gasteiger partial charge on any atom is -0.313 e. The van der Waals surface area contributed by atoms with Crippen LogP contribution in [0, 0.1) is 5.41 Å². The summed E-state index contributed by atoms with van der Waals surface area (Å²) in [4.78, 5) is 2.64. The molecule has 1 heterocycles. The molecule has 0 radical (unpaired) electrons. The molecule has 2 rings (SSSR count). The Morgan fingerprint density at radius 2 is 1.90 bits per heavy atom. The first-order valence-electron chi connectivity index (χ1n) is 8.22. The molecule has 0 unspecified atom stereocenters. The van der Waals surface area contributed by atoms with Crippen LogP contribution in [0.4, 0.5) is 0 Å². The second-order valence-electron chi connectivity index (χ2n) is 6.27. The van der Waals surface area contributed by atoms with Crippen molar-refractivity contribution < 1.29 is 0 Å². The van der Waals surface area contributed by atoms with Gasteiger partial charge in [-0.15, -0.1) is 0 Å². The SMILES string of the molecule is CCNCc1cccc(CN2CCC(CC)(CC)C2)c1. The summed E-state index contributed by atoms with van der Waals surface area (Å²) >= 11 is 0. The van der Waals surface area contributed by atoms with Crippen LogP contribution in [0.1, 0.15) is 51.2 Å². The Balaban J connectivity index is 1.94. The van der Waals surface area contributed by atoms with E-state index < -0.39 is 0 Å². The van der Waals surface area contributed by atoms with E-state index >= 15 is 0 Å². The quantitative estimate of drug-likeness (QED) is 0.813. The Bertz CT molecular complexity index is 410. The van der Waals surface area contributed by atoms with E-state index in [1.165, 1.54) is 43.5 Å². The second-order valence-corrected chi connectivity index (χ2v) is 6.27. The minimum absolute atomic E-state index is 0.585. The third-order valence-electron chi connectivity index (χ3n) is 4.99. The van der Waals surface area contributed by atoms with Gasteiger partial charge in [0, 0.05) is 19.6 Å². The highest BCUT2D eigenvalue weighted by Crippen LogP contribution is 2.37. The van der Waals surface area contributed by atoms with E-state index in [9.17, 15) is 0 Å². The summed E-state index contributed by atoms with van der Waals surface area (Å²) in [6.07, 6.45) is 4.01. The van der Waals surface area contributed by atoms with Gasteiger partial charge in [0.1, 0.15) is 0 Å². The highest BCUT2D eigenvalue weighted by Gasteiger charge is 2.34. The molecule has 1 fully saturated rings. The lowest BCUT2D eigenvalue weighted by Crippen LogP contribution is -2.26. The number of nitrogens with zero attached hydrogens (tertiary/aromatic N) is 1. The number of nitrogens with one attached hydrogen (secondary N) is 1. The minimum atomic E-state index is 0.585. The van der Waals surface area contributed by atoms with Gasteiger partial charge in [0.15, 0.2) is 0 Å². The molecule has 2 heteroatoms. The molecule has 1 N–H and O–H groups in total. The van der Waals surface area contributed by atoms with Crippen molar-refractivity contribution in [3.8, 4) is 0 Å². The van der Waals surface area contributed by atoms with Crippen molar-refractivity contribution in [1.29, 1.82) is 0 Å². The monoisotopic (exact) mass is 274 g/mol. The van der Waals surface area contributed by atoms with Crippen LogP contribution in [0.5, 0.6) is 0 Å². The maximum atomic E-state index is 3.40. The number of hydrogen-bond acceptors (Lipinski definition) is 2. The third-order valence-corrected chi connectivity index (χ3v) is 4.99. The maximum Gasteiger partial charge on any atom is 0.0234 e. The average Bonchev–Trinajstić information content (AvgIpc) is 2.89. The van der Waals surface area contributed by atoms with Crippen molar-refractivity contribution in [2.45, 2.75) is 53.1 Å². The van der Waals surface area contributed by atoms with Gasteiger partial charge in [0.2, 0.25) is 0 Å². The molecule has 0 spiro atoms. The van der Waals surface area contributed by atoms with Gasteiger partial charge in [-0.2, -0.15) is 0 Å². The van der Waals surface area contributed by atoms with Gasteiger partial charge < -0.3 is 5.32 Å². The average molecular weight is 274 g/mol. The summed E-state index contributed by atoms with van der Waals surface area (Å²) in [6, 6.07) is 9.05. The van der Waals surface area contributed by atoms with Crippen LogP contribution in [0.25, 0.3) is 0 Å². The van der Waals surface area contributed by atoms with Crippen LogP contribution in [-0.4, -0.2) is 24.5 Å². The van der Waals surface area contributed by atoms with Gasteiger partial charge in [-0.25, -0.2) is 0 Å². The smallest absolute Gasteiger partial charge is 0.0234 e. The molecule has 0 aromatic heterocycles. The first kappa shape index (κ1) is 15.5. The predicted molar refractivity (Wildman–Crippen MR) is 86.7 cm³/mol. The van der Waals surface area contributed by atoms with Crippen molar-refractivity contribution in [3.63, 3.8) is 0 Å². The van der Waals surface area contributed by atoms with E-state index in [2.05, 4.69) is 55.3 Å². The zero-order valence-corrected chi connectivity index (χ0v) is 13.4. The molecule has 2 nitrogen and oxygen atoms in total. The van der Waals surface area contributed by atoms with Crippen molar-refractivity contribution >= 4 is 0 Å². The molecule has 20 heavy (non-hydrogen) atoms. The van der Waals surface area contributed by atoms with E-state index in [-0.39, 0.29) is 0 Å². The van der Waals surface area contributed by atoms with E-state index in [0.29, 0.717) is 5.41 Å². The van der Waals surface area contributed by atoms with E-state index in [4.69, 9.17) is 0 Å². The number of likely N-dealkylation sites (tertiary alicyclic amines) is 1. The van der Waals surface area contributed by atoms with E-state index in [0.717, 1.165) is 19.6 Å². The largest absolute Gasteiger partial charge is 0.313 e. The molecule has 1 aromatic rings. The lowest BCUT2D eigenvalue weighted by Gasteiger charge is -2.26. The van der Waals surface area contributed by atoms with Gasteiger partial charge in [0.05, 0.1) is 0 Å². The van der Waals surface area contributed by atoms with Gasteiger partial charge in [0.25, 0.3) is 0 Å². The molecule has 0 amide bonds. The van der Waals surface area contributed by atoms with Crippen LogP contribution in [-0.2, 0) is 13.1 Å². The number of hydrogen-bond donors (Lipinski definition) is 1. The van der Waals surface area contributed by atoms with Gasteiger partial charge in [-0.05, 0) is 48.9 Å². The highest BCUT2D eigenvalue weighted by molar-refractivity contribution is 5.23. The Kier molecular flexibility index (Phi) is 5.62. The van der Waals surface area contributed by atoms with Gasteiger partial charge in [-0.1, -0.05) is 45.0 Å². The predicted octanol–water partition coefficient (Wildman–Crippen LogP) is 3.81. The molecule has 1 aromatic carbocycles. The maximum absolute atomic E-state index is 3.40. The molecular formula is C18H30N2. The Morgan fingerprint density at radius 1 is 1.15 bits per heavy atom. The first-order chi connectivity index (χ1) is 9.71. The Hall–Kier alpha value is -0.860. The molecule has 0 saturated carbocycles. The summed E-state index contributed by atoms with van der Waals surface area (Å²) in [5.41, 5.74) is 3.45. The lowest BCUT2D eigenvalue weighted by atomic mass is 9.82. The van der Waals surface area contributed by atoms with Crippen LogP contribution in [0.15, 0.2) is 24.3 Å². The zero-order chi connectivity index (χ0) is 14.4. The Morgan fingerprint density at radius 3 is 2.55 bits per heavy atom. The van der Waals surface area contributed by atoms with E-state index in [1.54, 1.807) is 0 Å². The van der Waals surface area contributed by atoms with Crippen molar-refractivity contribution in [1.82, 2.24) is 10.2 Å². The molecule has 0 bridgehead atoms. The summed E-state index contributed by atoms with van der Waals surface area (Å²) in [5.74, 6) is 0. The fourth-order valence-electron chi connectivity index (χ4n) is 3.36. The lowest BCUT2D eigenvalue weighted by molar-refractivity contribution is 0.236. The van der Waals surface area contributed by atoms with Crippen LogP contribution in [0.2, 0.25) is 0 Å². The molecule has 1 aliphatic heterocycles. The Labute approximate surface area is 124 Å². The highest BCUT2D eigenvalue weighted by atomic mass is 15.2.